The minimum absolute atomic E-state index is 0.102. The molecule has 25 heavy (non-hydrogen) atoms. The summed E-state index contributed by atoms with van der Waals surface area (Å²) in [6, 6.07) is 14.2. The van der Waals surface area contributed by atoms with Crippen molar-refractivity contribution in [3.8, 4) is 0 Å². The van der Waals surface area contributed by atoms with Gasteiger partial charge in [0.25, 0.3) is 11.8 Å². The SMILES string of the molecule is O=C(NC1CC1)c1ccc(C(=O)NC2c3ccccc3CC2O)cc1. The molecule has 5 nitrogen and oxygen atoms in total. The lowest BCUT2D eigenvalue weighted by Gasteiger charge is -2.18. The molecule has 2 aromatic rings. The molecule has 2 aliphatic rings. The van der Waals surface area contributed by atoms with Crippen LogP contribution in [0.2, 0.25) is 0 Å². The number of carbonyl (C=O) groups excluding carboxylic acids is 2. The molecule has 2 aliphatic carbocycles. The van der Waals surface area contributed by atoms with E-state index >= 15 is 0 Å². The van der Waals surface area contributed by atoms with Crippen molar-refractivity contribution >= 4 is 11.8 Å². The van der Waals surface area contributed by atoms with Crippen molar-refractivity contribution in [2.24, 2.45) is 0 Å². The molecule has 3 N–H and O–H groups in total. The van der Waals surface area contributed by atoms with Crippen molar-refractivity contribution < 1.29 is 14.7 Å². The number of amides is 2. The fourth-order valence-electron chi connectivity index (χ4n) is 3.24. The van der Waals surface area contributed by atoms with Gasteiger partial charge in [-0.2, -0.15) is 0 Å². The quantitative estimate of drug-likeness (QED) is 0.799. The Bertz CT molecular complexity index is 812. The molecule has 4 rings (SSSR count). The van der Waals surface area contributed by atoms with Gasteiger partial charge in [-0.15, -0.1) is 0 Å². The molecule has 0 heterocycles. The maximum atomic E-state index is 12.5. The molecule has 0 saturated heterocycles. The highest BCUT2D eigenvalue weighted by molar-refractivity contribution is 5.98. The third kappa shape index (κ3) is 3.28. The van der Waals surface area contributed by atoms with Gasteiger partial charge in [-0.1, -0.05) is 24.3 Å². The lowest BCUT2D eigenvalue weighted by atomic mass is 10.1. The molecule has 1 saturated carbocycles. The third-order valence-electron chi connectivity index (χ3n) is 4.81. The van der Waals surface area contributed by atoms with Gasteiger partial charge in [-0.25, -0.2) is 0 Å². The summed E-state index contributed by atoms with van der Waals surface area (Å²) in [6.07, 6.45) is 2.00. The monoisotopic (exact) mass is 336 g/mol. The van der Waals surface area contributed by atoms with E-state index in [0.29, 0.717) is 23.6 Å². The van der Waals surface area contributed by atoms with Crippen LogP contribution in [0.25, 0.3) is 0 Å². The number of rotatable bonds is 4. The molecule has 2 atom stereocenters. The smallest absolute Gasteiger partial charge is 0.251 e. The molecule has 2 amide bonds. The Morgan fingerprint density at radius 2 is 1.48 bits per heavy atom. The second-order valence-corrected chi connectivity index (χ2v) is 6.75. The number of hydrogen-bond acceptors (Lipinski definition) is 3. The second-order valence-electron chi connectivity index (χ2n) is 6.75. The first-order chi connectivity index (χ1) is 12.1. The average molecular weight is 336 g/mol. The largest absolute Gasteiger partial charge is 0.390 e. The zero-order valence-electron chi connectivity index (χ0n) is 13.7. The van der Waals surface area contributed by atoms with E-state index in [0.717, 1.165) is 24.0 Å². The van der Waals surface area contributed by atoms with Gasteiger partial charge in [0.15, 0.2) is 0 Å². The first-order valence-electron chi connectivity index (χ1n) is 8.59. The zero-order valence-corrected chi connectivity index (χ0v) is 13.7. The van der Waals surface area contributed by atoms with E-state index in [9.17, 15) is 14.7 Å². The van der Waals surface area contributed by atoms with E-state index in [1.807, 2.05) is 24.3 Å². The lowest BCUT2D eigenvalue weighted by Crippen LogP contribution is -2.33. The summed E-state index contributed by atoms with van der Waals surface area (Å²) in [5.41, 5.74) is 3.05. The normalized spacial score (nSPS) is 21.5. The van der Waals surface area contributed by atoms with E-state index in [1.165, 1.54) is 0 Å². The Morgan fingerprint density at radius 3 is 2.12 bits per heavy atom. The predicted molar refractivity (Wildman–Crippen MR) is 93.3 cm³/mol. The zero-order chi connectivity index (χ0) is 17.4. The van der Waals surface area contributed by atoms with Crippen LogP contribution in [-0.2, 0) is 6.42 Å². The van der Waals surface area contributed by atoms with Crippen molar-refractivity contribution in [3.63, 3.8) is 0 Å². The Hall–Kier alpha value is -2.66. The van der Waals surface area contributed by atoms with Crippen LogP contribution in [0, 0.1) is 0 Å². The summed E-state index contributed by atoms with van der Waals surface area (Å²) in [5.74, 6) is -0.357. The Morgan fingerprint density at radius 1 is 0.880 bits per heavy atom. The average Bonchev–Trinajstić information content (AvgIpc) is 3.38. The van der Waals surface area contributed by atoms with E-state index in [1.54, 1.807) is 24.3 Å². The van der Waals surface area contributed by atoms with Gasteiger partial charge in [-0.3, -0.25) is 9.59 Å². The van der Waals surface area contributed by atoms with E-state index < -0.39 is 12.1 Å². The third-order valence-corrected chi connectivity index (χ3v) is 4.81. The van der Waals surface area contributed by atoms with Crippen LogP contribution >= 0.6 is 0 Å². The number of aliphatic hydroxyl groups excluding tert-OH is 1. The minimum Gasteiger partial charge on any atom is -0.390 e. The highest BCUT2D eigenvalue weighted by Crippen LogP contribution is 2.31. The maximum Gasteiger partial charge on any atom is 0.251 e. The summed E-state index contributed by atoms with van der Waals surface area (Å²) >= 11 is 0. The van der Waals surface area contributed by atoms with Crippen molar-refractivity contribution in [3.05, 3.63) is 70.8 Å². The number of nitrogens with one attached hydrogen (secondary N) is 2. The van der Waals surface area contributed by atoms with Crippen LogP contribution < -0.4 is 10.6 Å². The van der Waals surface area contributed by atoms with Crippen molar-refractivity contribution in [1.82, 2.24) is 10.6 Å². The van der Waals surface area contributed by atoms with Gasteiger partial charge < -0.3 is 15.7 Å². The molecule has 128 valence electrons. The van der Waals surface area contributed by atoms with Crippen molar-refractivity contribution in [2.75, 3.05) is 0 Å². The summed E-state index contributed by atoms with van der Waals surface area (Å²) in [5, 5.41) is 16.1. The molecular formula is C20H20N2O3. The van der Waals surface area contributed by atoms with Gasteiger partial charge in [-0.05, 0) is 48.2 Å². The van der Waals surface area contributed by atoms with Crippen molar-refractivity contribution in [2.45, 2.75) is 37.5 Å². The molecule has 0 aromatic heterocycles. The number of aliphatic hydroxyl groups is 1. The summed E-state index contributed by atoms with van der Waals surface area (Å²) in [7, 11) is 0. The first kappa shape index (κ1) is 15.8. The molecule has 0 bridgehead atoms. The van der Waals surface area contributed by atoms with Crippen molar-refractivity contribution in [1.29, 1.82) is 0 Å². The fourth-order valence-corrected chi connectivity index (χ4v) is 3.24. The summed E-state index contributed by atoms with van der Waals surface area (Å²) < 4.78 is 0. The lowest BCUT2D eigenvalue weighted by molar-refractivity contribution is 0.0857. The molecule has 2 aromatic carbocycles. The number of fused-ring (bicyclic) bond motifs is 1. The van der Waals surface area contributed by atoms with Crippen LogP contribution in [0.5, 0.6) is 0 Å². The Kier molecular flexibility index (Phi) is 4.01. The summed E-state index contributed by atoms with van der Waals surface area (Å²) in [4.78, 5) is 24.5. The number of hydrogen-bond donors (Lipinski definition) is 3. The molecule has 1 fully saturated rings. The number of benzene rings is 2. The predicted octanol–water partition coefficient (Wildman–Crippen LogP) is 1.97. The van der Waals surface area contributed by atoms with E-state index in [-0.39, 0.29) is 11.8 Å². The van der Waals surface area contributed by atoms with Crippen LogP contribution in [0.4, 0.5) is 0 Å². The van der Waals surface area contributed by atoms with E-state index in [4.69, 9.17) is 0 Å². The van der Waals surface area contributed by atoms with Gasteiger partial charge in [0.05, 0.1) is 12.1 Å². The van der Waals surface area contributed by atoms with Crippen LogP contribution in [0.15, 0.2) is 48.5 Å². The Labute approximate surface area is 146 Å². The molecule has 0 radical (unpaired) electrons. The molecule has 0 aliphatic heterocycles. The maximum absolute atomic E-state index is 12.5. The van der Waals surface area contributed by atoms with E-state index in [2.05, 4.69) is 10.6 Å². The molecular weight excluding hydrogens is 316 g/mol. The fraction of sp³-hybridized carbons (Fsp3) is 0.300. The second kappa shape index (κ2) is 6.33. The van der Waals surface area contributed by atoms with Crippen LogP contribution in [-0.4, -0.2) is 29.1 Å². The van der Waals surface area contributed by atoms with Crippen LogP contribution in [0.3, 0.4) is 0 Å². The molecule has 2 unspecified atom stereocenters. The van der Waals surface area contributed by atoms with Gasteiger partial charge in [0.1, 0.15) is 0 Å². The van der Waals surface area contributed by atoms with Gasteiger partial charge >= 0.3 is 0 Å². The van der Waals surface area contributed by atoms with Crippen LogP contribution in [0.1, 0.15) is 50.7 Å². The molecule has 0 spiro atoms. The minimum atomic E-state index is -0.620. The molecule has 5 heteroatoms. The topological polar surface area (TPSA) is 78.4 Å². The summed E-state index contributed by atoms with van der Waals surface area (Å²) in [6.45, 7) is 0. The highest BCUT2D eigenvalue weighted by atomic mass is 16.3. The standard InChI is InChI=1S/C20H20N2O3/c23-17-11-14-3-1-2-4-16(14)18(17)22-20(25)13-7-5-12(6-8-13)19(24)21-15-9-10-15/h1-8,15,17-18,23H,9-11H2,(H,21,24)(H,22,25). The van der Waals surface area contributed by atoms with Gasteiger partial charge in [0.2, 0.25) is 0 Å². The highest BCUT2D eigenvalue weighted by Gasteiger charge is 2.32. The first-order valence-corrected chi connectivity index (χ1v) is 8.59. The number of carbonyl (C=O) groups is 2. The van der Waals surface area contributed by atoms with Gasteiger partial charge in [0, 0.05) is 23.6 Å². The Balaban J connectivity index is 1.45.